The highest BCUT2D eigenvalue weighted by atomic mass is 32.2. The molecule has 0 aliphatic heterocycles. The largest absolute Gasteiger partial charge is 0.496 e. The van der Waals surface area contributed by atoms with Crippen LogP contribution in [0, 0.1) is 22.7 Å². The van der Waals surface area contributed by atoms with E-state index < -0.39 is 0 Å². The number of hydrogen-bond acceptors (Lipinski definition) is 9. The lowest BCUT2D eigenvalue weighted by Crippen LogP contribution is -2.12. The number of carbonyl (C=O) groups is 1. The molecule has 0 atom stereocenters. The van der Waals surface area contributed by atoms with Gasteiger partial charge in [-0.2, -0.15) is 10.5 Å². The molecule has 0 saturated carbocycles. The monoisotopic (exact) mass is 554 g/mol. The highest BCUT2D eigenvalue weighted by Crippen LogP contribution is 2.36. The van der Waals surface area contributed by atoms with Gasteiger partial charge in [-0.25, -0.2) is 9.97 Å². The number of methoxy groups -OCH3 is 1. The first-order valence-electron chi connectivity index (χ1n) is 12.1. The van der Waals surface area contributed by atoms with Crippen molar-refractivity contribution in [1.82, 2.24) is 9.97 Å². The molecule has 0 aliphatic rings. The summed E-state index contributed by atoms with van der Waals surface area (Å²) in [4.78, 5) is 21.5. The Bertz CT molecular complexity index is 1580. The second kappa shape index (κ2) is 12.4. The number of carbonyl (C=O) groups excluding carboxylic acids is 1. The maximum absolute atomic E-state index is 12.6. The van der Waals surface area contributed by atoms with Gasteiger partial charge in [0.05, 0.1) is 18.4 Å². The number of aromatic nitrogens is 2. The number of nitrogen functional groups attached to an aromatic ring is 1. The number of nitrogens with one attached hydrogen (secondary N) is 1. The van der Waals surface area contributed by atoms with Crippen LogP contribution in [0.2, 0.25) is 0 Å². The molecule has 196 valence electrons. The van der Waals surface area contributed by atoms with Crippen LogP contribution in [-0.4, -0.2) is 28.7 Å². The van der Waals surface area contributed by atoms with Crippen molar-refractivity contribution in [2.75, 3.05) is 23.9 Å². The third kappa shape index (κ3) is 6.20. The van der Waals surface area contributed by atoms with Crippen LogP contribution in [0.25, 0.3) is 22.4 Å². The Kier molecular flexibility index (Phi) is 8.82. The summed E-state index contributed by atoms with van der Waals surface area (Å²) >= 11 is 2.58. The van der Waals surface area contributed by atoms with Crippen LogP contribution in [0.3, 0.4) is 0 Å². The summed E-state index contributed by atoms with van der Waals surface area (Å²) < 4.78 is 5.40. The van der Waals surface area contributed by atoms with Gasteiger partial charge in [-0.3, -0.25) is 4.79 Å². The third-order valence-corrected chi connectivity index (χ3v) is 7.72. The molecule has 0 bridgehead atoms. The van der Waals surface area contributed by atoms with Crippen molar-refractivity contribution in [3.63, 3.8) is 0 Å². The molecule has 0 radical (unpaired) electrons. The zero-order valence-electron chi connectivity index (χ0n) is 21.7. The summed E-state index contributed by atoms with van der Waals surface area (Å²) in [6.07, 6.45) is 0.166. The van der Waals surface area contributed by atoms with Crippen molar-refractivity contribution in [2.24, 2.45) is 0 Å². The molecule has 0 fully saturated rings. The number of thioether (sulfide) groups is 1. The molecule has 0 unspecified atom stereocenters. The van der Waals surface area contributed by atoms with E-state index in [1.54, 1.807) is 7.11 Å². The van der Waals surface area contributed by atoms with E-state index in [1.807, 2.05) is 53.9 Å². The molecule has 2 aromatic carbocycles. The van der Waals surface area contributed by atoms with Gasteiger partial charge in [-0.05, 0) is 29.2 Å². The normalized spacial score (nSPS) is 10.6. The van der Waals surface area contributed by atoms with E-state index in [2.05, 4.69) is 41.3 Å². The van der Waals surface area contributed by atoms with Crippen LogP contribution in [0.15, 0.2) is 58.9 Å². The van der Waals surface area contributed by atoms with Gasteiger partial charge in [-0.1, -0.05) is 50.2 Å². The van der Waals surface area contributed by atoms with Crippen LogP contribution >= 0.6 is 23.1 Å². The highest BCUT2D eigenvalue weighted by Gasteiger charge is 2.21. The molecule has 4 rings (SSSR count). The number of nitriles is 2. The Morgan fingerprint density at radius 1 is 1.10 bits per heavy atom. The van der Waals surface area contributed by atoms with E-state index in [4.69, 9.17) is 10.5 Å². The van der Waals surface area contributed by atoms with Crippen LogP contribution < -0.4 is 15.8 Å². The summed E-state index contributed by atoms with van der Waals surface area (Å²) in [7, 11) is 1.60. The minimum atomic E-state index is -0.215. The Hall–Kier alpha value is -4.38. The molecule has 2 heterocycles. The van der Waals surface area contributed by atoms with E-state index in [0.717, 1.165) is 16.7 Å². The number of para-hydroxylation sites is 1. The molecule has 3 N–H and O–H groups in total. The third-order valence-electron chi connectivity index (χ3n) is 5.98. The Balaban J connectivity index is 1.48. The van der Waals surface area contributed by atoms with Gasteiger partial charge in [0, 0.05) is 28.7 Å². The Morgan fingerprint density at radius 2 is 1.82 bits per heavy atom. The van der Waals surface area contributed by atoms with E-state index in [1.165, 1.54) is 23.1 Å². The topological polar surface area (TPSA) is 138 Å². The smallest absolute Gasteiger partial charge is 0.226 e. The van der Waals surface area contributed by atoms with E-state index in [9.17, 15) is 15.3 Å². The number of ether oxygens (including phenoxy) is 1. The van der Waals surface area contributed by atoms with Gasteiger partial charge in [0.25, 0.3) is 0 Å². The quantitative estimate of drug-likeness (QED) is 0.225. The van der Waals surface area contributed by atoms with Crippen LogP contribution in [0.5, 0.6) is 5.75 Å². The zero-order valence-corrected chi connectivity index (χ0v) is 23.3. The molecule has 10 heteroatoms. The fourth-order valence-corrected chi connectivity index (χ4v) is 5.62. The minimum Gasteiger partial charge on any atom is -0.496 e. The average Bonchev–Trinajstić information content (AvgIpc) is 3.40. The predicted octanol–water partition coefficient (Wildman–Crippen LogP) is 6.45. The van der Waals surface area contributed by atoms with Gasteiger partial charge in [0.2, 0.25) is 5.91 Å². The lowest BCUT2D eigenvalue weighted by molar-refractivity contribution is -0.115. The summed E-state index contributed by atoms with van der Waals surface area (Å²) in [6, 6.07) is 19.6. The second-order valence-corrected chi connectivity index (χ2v) is 10.8. The van der Waals surface area contributed by atoms with E-state index in [0.29, 0.717) is 38.8 Å². The number of benzene rings is 2. The Morgan fingerprint density at radius 3 is 2.49 bits per heavy atom. The van der Waals surface area contributed by atoms with E-state index in [-0.39, 0.29) is 29.3 Å². The lowest BCUT2D eigenvalue weighted by atomic mass is 9.94. The number of amides is 1. The fraction of sp³-hybridized carbons (Fsp3) is 0.207. The average molecular weight is 555 g/mol. The maximum atomic E-state index is 12.6. The fourth-order valence-electron chi connectivity index (χ4n) is 3.96. The van der Waals surface area contributed by atoms with Crippen LogP contribution in [0.4, 0.5) is 10.9 Å². The number of nitrogens with two attached hydrogens (primary N) is 1. The SMILES string of the molecule is COc1ccccc1-c1csc(NC(=O)CCSc2nc(N)c(C#N)c(-c3ccc(C(C)C)cc3)c2C#N)n1. The molecule has 1 amide bonds. The molecule has 0 aliphatic carbocycles. The first-order valence-corrected chi connectivity index (χ1v) is 14.0. The van der Waals surface area contributed by atoms with Gasteiger partial charge in [-0.15, -0.1) is 23.1 Å². The van der Waals surface area contributed by atoms with Crippen molar-refractivity contribution in [2.45, 2.75) is 31.2 Å². The molecular formula is C29H26N6O2S2. The summed E-state index contributed by atoms with van der Waals surface area (Å²) in [6.45, 7) is 4.19. The van der Waals surface area contributed by atoms with Crippen molar-refractivity contribution in [1.29, 1.82) is 10.5 Å². The first kappa shape index (κ1) is 27.6. The van der Waals surface area contributed by atoms with Crippen LogP contribution in [-0.2, 0) is 4.79 Å². The number of pyridine rings is 1. The van der Waals surface area contributed by atoms with Crippen molar-refractivity contribution >= 4 is 40.0 Å². The first-order chi connectivity index (χ1) is 18.9. The predicted molar refractivity (Wildman–Crippen MR) is 156 cm³/mol. The lowest BCUT2D eigenvalue weighted by Gasteiger charge is -2.14. The number of nitrogens with zero attached hydrogens (tertiary/aromatic N) is 4. The van der Waals surface area contributed by atoms with Crippen molar-refractivity contribution in [3.05, 3.63) is 70.6 Å². The van der Waals surface area contributed by atoms with Crippen molar-refractivity contribution in [3.8, 4) is 40.3 Å². The molecule has 39 heavy (non-hydrogen) atoms. The summed E-state index contributed by atoms with van der Waals surface area (Å²) in [5.74, 6) is 1.25. The van der Waals surface area contributed by atoms with Gasteiger partial charge in [0.15, 0.2) is 5.13 Å². The minimum absolute atomic E-state index is 0.0537. The van der Waals surface area contributed by atoms with E-state index >= 15 is 0 Å². The Labute approximate surface area is 235 Å². The standard InChI is InChI=1S/C29H26N6O2S2/c1-17(2)18-8-10-19(11-9-18)26-21(14-30)27(32)35-28(22(26)15-31)38-13-12-25(36)34-29-33-23(16-39-29)20-6-4-5-7-24(20)37-3/h4-11,16-17H,12-13H2,1-3H3,(H2,32,35)(H,33,34,36). The number of hydrogen-bond donors (Lipinski definition) is 2. The number of rotatable bonds is 9. The van der Waals surface area contributed by atoms with Gasteiger partial charge in [0.1, 0.15) is 34.3 Å². The summed E-state index contributed by atoms with van der Waals surface area (Å²) in [5, 5.41) is 25.3. The molecule has 2 aromatic heterocycles. The van der Waals surface area contributed by atoms with Crippen molar-refractivity contribution < 1.29 is 9.53 Å². The number of anilines is 2. The molecule has 4 aromatic rings. The molecular weight excluding hydrogens is 528 g/mol. The molecule has 0 saturated heterocycles. The van der Waals surface area contributed by atoms with Crippen LogP contribution in [0.1, 0.15) is 42.9 Å². The zero-order chi connectivity index (χ0) is 27.9. The molecule has 0 spiro atoms. The van der Waals surface area contributed by atoms with Gasteiger partial charge < -0.3 is 15.8 Å². The second-order valence-electron chi connectivity index (χ2n) is 8.81. The maximum Gasteiger partial charge on any atom is 0.226 e. The van der Waals surface area contributed by atoms with Gasteiger partial charge >= 0.3 is 0 Å². The number of thiazole rings is 1. The highest BCUT2D eigenvalue weighted by molar-refractivity contribution is 7.99. The molecule has 8 nitrogen and oxygen atoms in total. The summed E-state index contributed by atoms with van der Waals surface area (Å²) in [5.41, 5.74) is 10.4.